The van der Waals surface area contributed by atoms with Crippen LogP contribution in [0.4, 0.5) is 18.0 Å². The number of halogens is 3. The maximum atomic E-state index is 13.2. The third-order valence-electron chi connectivity index (χ3n) is 5.72. The Balaban J connectivity index is 1.55. The van der Waals surface area contributed by atoms with Gasteiger partial charge in [0, 0.05) is 38.6 Å². The van der Waals surface area contributed by atoms with Gasteiger partial charge in [-0.1, -0.05) is 12.1 Å². The molecule has 174 valence electrons. The quantitative estimate of drug-likeness (QED) is 0.763. The number of benzene rings is 1. The highest BCUT2D eigenvalue weighted by molar-refractivity contribution is 5.75. The number of oxazole rings is 1. The van der Waals surface area contributed by atoms with Crippen LogP contribution in [0.25, 0.3) is 0 Å². The Bertz CT molecular complexity index is 913. The minimum Gasteiger partial charge on any atom is -0.448 e. The van der Waals surface area contributed by atoms with Gasteiger partial charge in [0.05, 0.1) is 24.8 Å². The third-order valence-corrected chi connectivity index (χ3v) is 5.72. The van der Waals surface area contributed by atoms with E-state index in [9.17, 15) is 18.0 Å². The van der Waals surface area contributed by atoms with Crippen molar-refractivity contribution in [2.45, 2.75) is 31.2 Å². The summed E-state index contributed by atoms with van der Waals surface area (Å²) in [4.78, 5) is 21.1. The highest BCUT2D eigenvalue weighted by atomic mass is 19.4. The first kappa shape index (κ1) is 22.4. The lowest BCUT2D eigenvalue weighted by Gasteiger charge is -2.40. The number of nitrogens with zero attached hydrogens (tertiary/aromatic N) is 3. The number of piperidine rings is 1. The number of rotatable bonds is 4. The molecule has 2 unspecified atom stereocenters. The number of ether oxygens (including phenoxy) is 2. The van der Waals surface area contributed by atoms with E-state index in [-0.39, 0.29) is 30.2 Å². The van der Waals surface area contributed by atoms with E-state index in [1.165, 1.54) is 18.4 Å². The van der Waals surface area contributed by atoms with Gasteiger partial charge in [0.2, 0.25) is 0 Å². The van der Waals surface area contributed by atoms with Crippen LogP contribution in [0.15, 0.2) is 34.9 Å². The van der Waals surface area contributed by atoms with Crippen LogP contribution >= 0.6 is 0 Å². The molecule has 8 nitrogen and oxygen atoms in total. The molecule has 2 aliphatic rings. The zero-order valence-corrected chi connectivity index (χ0v) is 17.4. The summed E-state index contributed by atoms with van der Waals surface area (Å²) >= 11 is 0. The summed E-state index contributed by atoms with van der Waals surface area (Å²) < 4.78 is 52.4. The second-order valence-corrected chi connectivity index (χ2v) is 7.91. The minimum absolute atomic E-state index is 0.0920. The van der Waals surface area contributed by atoms with Crippen LogP contribution in [-0.4, -0.2) is 66.6 Å². The molecule has 0 spiro atoms. The highest BCUT2D eigenvalue weighted by Crippen LogP contribution is 2.37. The van der Waals surface area contributed by atoms with Crippen LogP contribution in [0, 0.1) is 0 Å². The van der Waals surface area contributed by atoms with Crippen molar-refractivity contribution in [2.24, 2.45) is 5.73 Å². The first-order chi connectivity index (χ1) is 15.3. The molecule has 2 aliphatic heterocycles. The van der Waals surface area contributed by atoms with E-state index in [2.05, 4.69) is 9.72 Å². The Kier molecular flexibility index (Phi) is 6.56. The van der Waals surface area contributed by atoms with Gasteiger partial charge in [-0.3, -0.25) is 0 Å². The topological polar surface area (TPSA) is 94.1 Å². The Hall–Kier alpha value is -2.79. The van der Waals surface area contributed by atoms with Crippen molar-refractivity contribution < 1.29 is 31.9 Å². The van der Waals surface area contributed by atoms with Gasteiger partial charge in [-0.15, -0.1) is 13.2 Å². The van der Waals surface area contributed by atoms with Gasteiger partial charge < -0.3 is 29.4 Å². The third kappa shape index (κ3) is 5.33. The molecular weight excluding hydrogens is 429 g/mol. The second-order valence-electron chi connectivity index (χ2n) is 7.91. The average molecular weight is 454 g/mol. The molecule has 2 aromatic rings. The number of alkyl halides is 3. The van der Waals surface area contributed by atoms with Crippen LogP contribution in [0.1, 0.15) is 35.4 Å². The fraction of sp³-hybridized carbons (Fsp3) is 0.524. The number of hydrogen-bond acceptors (Lipinski definition) is 6. The average Bonchev–Trinajstić information content (AvgIpc) is 3.28. The van der Waals surface area contributed by atoms with E-state index in [0.29, 0.717) is 57.4 Å². The Labute approximate surface area is 183 Å². The summed E-state index contributed by atoms with van der Waals surface area (Å²) in [5.41, 5.74) is 7.09. The van der Waals surface area contributed by atoms with Crippen molar-refractivity contribution in [3.8, 4) is 5.75 Å². The molecule has 1 aromatic carbocycles. The second kappa shape index (κ2) is 9.37. The van der Waals surface area contributed by atoms with Crippen molar-refractivity contribution in [1.82, 2.24) is 14.8 Å². The van der Waals surface area contributed by atoms with Crippen LogP contribution in [-0.2, 0) is 11.3 Å². The van der Waals surface area contributed by atoms with Crippen LogP contribution in [0.2, 0.25) is 0 Å². The highest BCUT2D eigenvalue weighted by Gasteiger charge is 2.36. The largest absolute Gasteiger partial charge is 0.573 e. The molecule has 2 amide bonds. The number of aromatic nitrogens is 1. The fourth-order valence-electron chi connectivity index (χ4n) is 4.18. The van der Waals surface area contributed by atoms with E-state index in [1.54, 1.807) is 21.9 Å². The number of likely N-dealkylation sites (tertiary alicyclic amines) is 1. The van der Waals surface area contributed by atoms with E-state index in [0.717, 1.165) is 5.56 Å². The van der Waals surface area contributed by atoms with Gasteiger partial charge in [-0.2, -0.15) is 0 Å². The molecule has 2 N–H and O–H groups in total. The number of urea groups is 1. The normalized spacial score (nSPS) is 22.1. The molecule has 2 atom stereocenters. The lowest BCUT2D eigenvalue weighted by atomic mass is 9.84. The monoisotopic (exact) mass is 454 g/mol. The number of hydrogen-bond donors (Lipinski definition) is 1. The summed E-state index contributed by atoms with van der Waals surface area (Å²) in [6.07, 6.45) is -2.60. The van der Waals surface area contributed by atoms with E-state index in [4.69, 9.17) is 14.9 Å². The Morgan fingerprint density at radius 3 is 2.44 bits per heavy atom. The fourth-order valence-corrected chi connectivity index (χ4v) is 4.18. The Morgan fingerprint density at radius 1 is 1.12 bits per heavy atom. The molecule has 0 aliphatic carbocycles. The predicted octanol–water partition coefficient (Wildman–Crippen LogP) is 3.06. The summed E-state index contributed by atoms with van der Waals surface area (Å²) in [7, 11) is 0. The molecule has 0 radical (unpaired) electrons. The first-order valence-electron chi connectivity index (χ1n) is 10.4. The van der Waals surface area contributed by atoms with Crippen LogP contribution < -0.4 is 10.5 Å². The summed E-state index contributed by atoms with van der Waals surface area (Å²) in [5, 5.41) is 0. The van der Waals surface area contributed by atoms with Crippen molar-refractivity contribution in [2.75, 3.05) is 39.4 Å². The summed E-state index contributed by atoms with van der Waals surface area (Å²) in [5.74, 6) is -0.0425. The van der Waals surface area contributed by atoms with E-state index in [1.807, 2.05) is 0 Å². The molecule has 3 heterocycles. The lowest BCUT2D eigenvalue weighted by molar-refractivity contribution is -0.274. The number of morpholine rings is 1. The SMILES string of the molecule is NCc1coc(C2CC(c3ccc(OC(F)(F)F)cc3)CN(C(=O)N3CCOCC3)C2)n1. The van der Waals surface area contributed by atoms with Gasteiger partial charge in [0.1, 0.15) is 12.0 Å². The number of nitrogens with two attached hydrogens (primary N) is 1. The van der Waals surface area contributed by atoms with Crippen LogP contribution in [0.5, 0.6) is 5.75 Å². The van der Waals surface area contributed by atoms with Crippen molar-refractivity contribution in [1.29, 1.82) is 0 Å². The zero-order chi connectivity index (χ0) is 22.7. The minimum atomic E-state index is -4.75. The van der Waals surface area contributed by atoms with E-state index >= 15 is 0 Å². The predicted molar refractivity (Wildman–Crippen MR) is 107 cm³/mol. The number of amides is 2. The molecule has 2 fully saturated rings. The standard InChI is InChI=1S/C21H25F3N4O4/c22-21(23,24)32-18-3-1-14(2-4-18)15-9-16(19-26-17(10-25)13-31-19)12-28(11-15)20(29)27-5-7-30-8-6-27/h1-4,13,15-16H,5-12,25H2. The van der Waals surface area contributed by atoms with E-state index < -0.39 is 6.36 Å². The van der Waals surface area contributed by atoms with Gasteiger partial charge in [0.15, 0.2) is 5.89 Å². The van der Waals surface area contributed by atoms with Gasteiger partial charge >= 0.3 is 12.4 Å². The molecular formula is C21H25F3N4O4. The smallest absolute Gasteiger partial charge is 0.448 e. The van der Waals surface area contributed by atoms with Gasteiger partial charge in [-0.05, 0) is 24.1 Å². The first-order valence-corrected chi connectivity index (χ1v) is 10.4. The van der Waals surface area contributed by atoms with Gasteiger partial charge in [0.25, 0.3) is 0 Å². The number of carbonyl (C=O) groups excluding carboxylic acids is 1. The maximum absolute atomic E-state index is 13.2. The van der Waals surface area contributed by atoms with Crippen LogP contribution in [0.3, 0.4) is 0 Å². The Morgan fingerprint density at radius 2 is 1.81 bits per heavy atom. The molecule has 32 heavy (non-hydrogen) atoms. The van der Waals surface area contributed by atoms with Gasteiger partial charge in [-0.25, -0.2) is 9.78 Å². The summed E-state index contributed by atoms with van der Waals surface area (Å²) in [6.45, 7) is 3.15. The molecule has 4 rings (SSSR count). The molecule has 1 aromatic heterocycles. The van der Waals surface area contributed by atoms with Crippen molar-refractivity contribution >= 4 is 6.03 Å². The van der Waals surface area contributed by atoms with Crippen molar-refractivity contribution in [3.63, 3.8) is 0 Å². The molecule has 11 heteroatoms. The molecule has 0 saturated carbocycles. The number of carbonyl (C=O) groups is 1. The lowest BCUT2D eigenvalue weighted by Crippen LogP contribution is -2.52. The molecule has 0 bridgehead atoms. The molecule has 2 saturated heterocycles. The maximum Gasteiger partial charge on any atom is 0.573 e. The van der Waals surface area contributed by atoms with Crippen molar-refractivity contribution in [3.05, 3.63) is 47.7 Å². The summed E-state index contributed by atoms with van der Waals surface area (Å²) in [6, 6.07) is 5.69. The zero-order valence-electron chi connectivity index (χ0n) is 17.4.